The van der Waals surface area contributed by atoms with Crippen LogP contribution in [-0.2, 0) is 6.54 Å². The maximum absolute atomic E-state index is 14.3. The number of nitrogens with zero attached hydrogens (tertiary/aromatic N) is 5. The Labute approximate surface area is 223 Å². The molecule has 1 aliphatic rings. The molecule has 0 amide bonds. The zero-order valence-corrected chi connectivity index (χ0v) is 21.4. The number of imidazole rings is 1. The third kappa shape index (κ3) is 4.40. The molecular weight excluding hydrogens is 493 g/mol. The normalized spacial score (nSPS) is 14.0. The highest BCUT2D eigenvalue weighted by molar-refractivity contribution is 5.97. The Morgan fingerprint density at radius 1 is 0.974 bits per heavy atom. The van der Waals surface area contributed by atoms with Gasteiger partial charge < -0.3 is 9.72 Å². The molecule has 39 heavy (non-hydrogen) atoms. The zero-order valence-electron chi connectivity index (χ0n) is 21.4. The van der Waals surface area contributed by atoms with Gasteiger partial charge in [-0.15, -0.1) is 0 Å². The smallest absolute Gasteiger partial charge is 0.159 e. The van der Waals surface area contributed by atoms with Crippen LogP contribution in [-0.4, -0.2) is 55.2 Å². The Bertz CT molecular complexity index is 1820. The summed E-state index contributed by atoms with van der Waals surface area (Å²) in [6.07, 6.45) is 8.09. The molecule has 0 bridgehead atoms. The number of rotatable bonds is 6. The zero-order chi connectivity index (χ0) is 26.3. The molecule has 0 unspecified atom stereocenters. The average molecular weight is 520 g/mol. The van der Waals surface area contributed by atoms with E-state index in [0.29, 0.717) is 22.8 Å². The quantitative estimate of drug-likeness (QED) is 0.281. The average Bonchev–Trinajstić information content (AvgIpc) is 3.72. The molecule has 1 saturated heterocycles. The van der Waals surface area contributed by atoms with Crippen molar-refractivity contribution >= 4 is 21.9 Å². The van der Waals surface area contributed by atoms with Crippen LogP contribution >= 0.6 is 0 Å². The first-order valence-electron chi connectivity index (χ1n) is 13.0. The fourth-order valence-electron chi connectivity index (χ4n) is 5.38. The summed E-state index contributed by atoms with van der Waals surface area (Å²) in [6, 6.07) is 14.6. The molecule has 0 saturated carbocycles. The molecule has 0 aliphatic carbocycles. The largest absolute Gasteiger partial charge is 0.497 e. The predicted molar refractivity (Wildman–Crippen MR) is 149 cm³/mol. The standard InChI is InChI=1S/C30H26FN7O/c1-39-22-11-19(10-21(31)12-22)23-5-4-6-25-28(23)35-30(34-25)29-24-13-26(33-16-27(24)36-37-29)20-9-18(14-32-15-20)17-38-7-2-3-8-38/h4-6,9-16H,2-3,7-8,17H2,1H3,(H,34,35)(H,36,37). The minimum Gasteiger partial charge on any atom is -0.497 e. The molecule has 0 atom stereocenters. The monoisotopic (exact) mass is 519 g/mol. The van der Waals surface area contributed by atoms with Crippen LogP contribution in [0.4, 0.5) is 4.39 Å². The van der Waals surface area contributed by atoms with Crippen molar-refractivity contribution in [2.75, 3.05) is 20.2 Å². The number of likely N-dealkylation sites (tertiary alicyclic amines) is 1. The molecule has 1 fully saturated rings. The summed E-state index contributed by atoms with van der Waals surface area (Å²) >= 11 is 0. The maximum Gasteiger partial charge on any atom is 0.159 e. The van der Waals surface area contributed by atoms with Crippen LogP contribution in [0.15, 0.2) is 67.1 Å². The minimum atomic E-state index is -0.366. The number of H-pyrrole nitrogens is 2. The van der Waals surface area contributed by atoms with Gasteiger partial charge in [0.25, 0.3) is 0 Å². The third-order valence-corrected chi connectivity index (χ3v) is 7.30. The number of ether oxygens (including phenoxy) is 1. The lowest BCUT2D eigenvalue weighted by Gasteiger charge is -2.14. The van der Waals surface area contributed by atoms with Gasteiger partial charge >= 0.3 is 0 Å². The number of para-hydroxylation sites is 1. The summed E-state index contributed by atoms with van der Waals surface area (Å²) in [5.74, 6) is 0.703. The van der Waals surface area contributed by atoms with Gasteiger partial charge in [-0.05, 0) is 67.4 Å². The SMILES string of the molecule is COc1cc(F)cc(-c2cccc3[nH]c(-c4n[nH]c5cnc(-c6cncc(CN7CCCC7)c6)cc45)nc23)c1. The third-order valence-electron chi connectivity index (χ3n) is 7.30. The Hall–Kier alpha value is -4.63. The van der Waals surface area contributed by atoms with E-state index in [1.807, 2.05) is 36.7 Å². The Balaban J connectivity index is 1.28. The summed E-state index contributed by atoms with van der Waals surface area (Å²) in [7, 11) is 1.53. The van der Waals surface area contributed by atoms with E-state index in [2.05, 4.69) is 36.1 Å². The summed E-state index contributed by atoms with van der Waals surface area (Å²) in [5, 5.41) is 8.54. The van der Waals surface area contributed by atoms with Gasteiger partial charge in [-0.25, -0.2) is 9.37 Å². The van der Waals surface area contributed by atoms with Crippen LogP contribution in [0.1, 0.15) is 18.4 Å². The van der Waals surface area contributed by atoms with Crippen LogP contribution < -0.4 is 4.74 Å². The first-order chi connectivity index (χ1) is 19.1. The second-order valence-corrected chi connectivity index (χ2v) is 9.92. The van der Waals surface area contributed by atoms with Gasteiger partial charge in [0.1, 0.15) is 17.3 Å². The second-order valence-electron chi connectivity index (χ2n) is 9.92. The van der Waals surface area contributed by atoms with Crippen molar-refractivity contribution in [3.8, 4) is 39.7 Å². The second kappa shape index (κ2) is 9.59. The van der Waals surface area contributed by atoms with Crippen molar-refractivity contribution in [3.05, 3.63) is 78.5 Å². The molecule has 8 nitrogen and oxygen atoms in total. The predicted octanol–water partition coefficient (Wildman–Crippen LogP) is 5.97. The van der Waals surface area contributed by atoms with Gasteiger partial charge in [-0.2, -0.15) is 5.10 Å². The summed E-state index contributed by atoms with van der Waals surface area (Å²) in [6.45, 7) is 3.18. The topological polar surface area (TPSA) is 95.6 Å². The minimum absolute atomic E-state index is 0.366. The highest BCUT2D eigenvalue weighted by Gasteiger charge is 2.18. The van der Waals surface area contributed by atoms with Crippen molar-refractivity contribution < 1.29 is 9.13 Å². The summed E-state index contributed by atoms with van der Waals surface area (Å²) in [5.41, 5.74) is 7.52. The number of aromatic nitrogens is 6. The van der Waals surface area contributed by atoms with Crippen molar-refractivity contribution in [1.82, 2.24) is 35.0 Å². The van der Waals surface area contributed by atoms with E-state index in [-0.39, 0.29) is 5.82 Å². The number of fused-ring (bicyclic) bond motifs is 2. The van der Waals surface area contributed by atoms with E-state index < -0.39 is 0 Å². The van der Waals surface area contributed by atoms with Crippen LogP contribution in [0, 0.1) is 5.82 Å². The van der Waals surface area contributed by atoms with Gasteiger partial charge in [0, 0.05) is 41.5 Å². The van der Waals surface area contributed by atoms with Crippen LogP contribution in [0.25, 0.3) is 55.8 Å². The Kier molecular flexibility index (Phi) is 5.78. The van der Waals surface area contributed by atoms with Gasteiger partial charge in [0.15, 0.2) is 5.82 Å². The first-order valence-corrected chi connectivity index (χ1v) is 13.0. The fourth-order valence-corrected chi connectivity index (χ4v) is 5.38. The van der Waals surface area contributed by atoms with Crippen molar-refractivity contribution in [1.29, 1.82) is 0 Å². The van der Waals surface area contributed by atoms with Crippen molar-refractivity contribution in [2.24, 2.45) is 0 Å². The Morgan fingerprint density at radius 3 is 2.74 bits per heavy atom. The van der Waals surface area contributed by atoms with Crippen molar-refractivity contribution in [2.45, 2.75) is 19.4 Å². The molecule has 6 aromatic rings. The molecule has 7 rings (SSSR count). The van der Waals surface area contributed by atoms with Crippen LogP contribution in [0.3, 0.4) is 0 Å². The number of methoxy groups -OCH3 is 1. The lowest BCUT2D eigenvalue weighted by atomic mass is 10.0. The van der Waals surface area contributed by atoms with Crippen molar-refractivity contribution in [3.63, 3.8) is 0 Å². The number of pyridine rings is 2. The summed E-state index contributed by atoms with van der Waals surface area (Å²) < 4.78 is 19.5. The van der Waals surface area contributed by atoms with E-state index in [0.717, 1.165) is 58.4 Å². The molecule has 0 spiro atoms. The molecule has 194 valence electrons. The van der Waals surface area contributed by atoms with E-state index in [9.17, 15) is 4.39 Å². The lowest BCUT2D eigenvalue weighted by Crippen LogP contribution is -2.18. The number of hydrogen-bond acceptors (Lipinski definition) is 6. The van der Waals surface area contributed by atoms with Gasteiger partial charge in [-0.3, -0.25) is 20.0 Å². The molecule has 2 aromatic carbocycles. The first kappa shape index (κ1) is 23.5. The van der Waals surface area contributed by atoms with Gasteiger partial charge in [0.05, 0.1) is 35.6 Å². The van der Waals surface area contributed by atoms with E-state index in [1.54, 1.807) is 12.3 Å². The Morgan fingerprint density at radius 2 is 1.87 bits per heavy atom. The van der Waals surface area contributed by atoms with Gasteiger partial charge in [-0.1, -0.05) is 12.1 Å². The summed E-state index contributed by atoms with van der Waals surface area (Å²) in [4.78, 5) is 19.9. The molecule has 4 aromatic heterocycles. The van der Waals surface area contributed by atoms with Gasteiger partial charge in [0.2, 0.25) is 0 Å². The molecule has 9 heteroatoms. The van der Waals surface area contributed by atoms with Crippen LogP contribution in [0.2, 0.25) is 0 Å². The maximum atomic E-state index is 14.3. The van der Waals surface area contributed by atoms with E-state index >= 15 is 0 Å². The molecule has 5 heterocycles. The number of hydrogen-bond donors (Lipinski definition) is 2. The fraction of sp³-hybridized carbons (Fsp3) is 0.200. The van der Waals surface area contributed by atoms with E-state index in [1.165, 1.54) is 37.6 Å². The van der Waals surface area contributed by atoms with Crippen LogP contribution in [0.5, 0.6) is 5.75 Å². The molecule has 1 aliphatic heterocycles. The number of halogens is 1. The number of nitrogens with one attached hydrogen (secondary N) is 2. The number of benzene rings is 2. The molecule has 0 radical (unpaired) electrons. The highest BCUT2D eigenvalue weighted by Crippen LogP contribution is 2.34. The molecular formula is C30H26FN7O. The van der Waals surface area contributed by atoms with E-state index in [4.69, 9.17) is 9.72 Å². The highest BCUT2D eigenvalue weighted by atomic mass is 19.1. The molecule has 2 N–H and O–H groups in total. The number of aromatic amines is 2. The lowest BCUT2D eigenvalue weighted by molar-refractivity contribution is 0.331.